The number of aryl methyl sites for hydroxylation is 2. The summed E-state index contributed by atoms with van der Waals surface area (Å²) >= 11 is 6.09. The monoisotopic (exact) mass is 275 g/mol. The SMILES string of the molecule is Cc1ccc(CCCN(C)C2=CCCC(Cl)=C2)cc1. The standard InChI is InChI=1S/C17H22ClN/c1-14-8-10-15(11-9-14)5-4-12-19(2)17-7-3-6-16(18)13-17/h7-11,13H,3-6,12H2,1-2H3. The predicted octanol–water partition coefficient (Wildman–Crippen LogP) is 4.66. The Morgan fingerprint density at radius 3 is 2.63 bits per heavy atom. The summed E-state index contributed by atoms with van der Waals surface area (Å²) in [6.45, 7) is 3.20. The van der Waals surface area contributed by atoms with Gasteiger partial charge in [-0.05, 0) is 44.2 Å². The predicted molar refractivity (Wildman–Crippen MR) is 83.4 cm³/mol. The smallest absolute Gasteiger partial charge is 0.0334 e. The maximum absolute atomic E-state index is 6.09. The van der Waals surface area contributed by atoms with Crippen LogP contribution in [-0.4, -0.2) is 18.5 Å². The van der Waals surface area contributed by atoms with Gasteiger partial charge in [0.25, 0.3) is 0 Å². The number of benzene rings is 1. The van der Waals surface area contributed by atoms with Crippen LogP contribution in [0.15, 0.2) is 47.1 Å². The van der Waals surface area contributed by atoms with Gasteiger partial charge >= 0.3 is 0 Å². The van der Waals surface area contributed by atoms with Crippen LogP contribution < -0.4 is 0 Å². The second-order valence-electron chi connectivity index (χ2n) is 5.27. The first kappa shape index (κ1) is 14.2. The molecule has 0 atom stereocenters. The van der Waals surface area contributed by atoms with Crippen LogP contribution in [0.2, 0.25) is 0 Å². The van der Waals surface area contributed by atoms with Crippen molar-refractivity contribution in [2.45, 2.75) is 32.6 Å². The highest BCUT2D eigenvalue weighted by molar-refractivity contribution is 6.29. The van der Waals surface area contributed by atoms with Crippen molar-refractivity contribution in [3.8, 4) is 0 Å². The van der Waals surface area contributed by atoms with E-state index in [4.69, 9.17) is 11.6 Å². The van der Waals surface area contributed by atoms with Crippen molar-refractivity contribution in [3.63, 3.8) is 0 Å². The number of rotatable bonds is 5. The Bertz CT molecular complexity index is 471. The molecule has 0 aromatic heterocycles. The second-order valence-corrected chi connectivity index (χ2v) is 5.76. The zero-order valence-corrected chi connectivity index (χ0v) is 12.6. The summed E-state index contributed by atoms with van der Waals surface area (Å²) in [5, 5.41) is 0.975. The Hall–Kier alpha value is -1.21. The molecule has 2 heteroatoms. The van der Waals surface area contributed by atoms with Gasteiger partial charge in [-0.1, -0.05) is 47.5 Å². The van der Waals surface area contributed by atoms with E-state index < -0.39 is 0 Å². The van der Waals surface area contributed by atoms with Gasteiger partial charge in [0, 0.05) is 24.3 Å². The molecule has 0 fully saturated rings. The molecule has 102 valence electrons. The fraction of sp³-hybridized carbons (Fsp3) is 0.412. The van der Waals surface area contributed by atoms with Gasteiger partial charge in [0.15, 0.2) is 0 Å². The topological polar surface area (TPSA) is 3.24 Å². The molecule has 1 aromatic rings. The van der Waals surface area contributed by atoms with E-state index in [0.29, 0.717) is 0 Å². The van der Waals surface area contributed by atoms with Crippen molar-refractivity contribution in [1.29, 1.82) is 0 Å². The molecule has 0 saturated carbocycles. The number of halogens is 1. The number of allylic oxidation sites excluding steroid dienone is 3. The highest BCUT2D eigenvalue weighted by atomic mass is 35.5. The summed E-state index contributed by atoms with van der Waals surface area (Å²) in [4.78, 5) is 2.30. The first-order valence-corrected chi connectivity index (χ1v) is 7.36. The van der Waals surface area contributed by atoms with Crippen LogP contribution in [0.5, 0.6) is 0 Å². The third-order valence-electron chi connectivity index (χ3n) is 3.56. The first-order valence-electron chi connectivity index (χ1n) is 6.98. The molecule has 0 unspecified atom stereocenters. The Labute approximate surface area is 121 Å². The van der Waals surface area contributed by atoms with Gasteiger partial charge < -0.3 is 4.90 Å². The maximum Gasteiger partial charge on any atom is 0.0334 e. The van der Waals surface area contributed by atoms with E-state index in [-0.39, 0.29) is 0 Å². The summed E-state index contributed by atoms with van der Waals surface area (Å²) in [5.74, 6) is 0. The number of hydrogen-bond donors (Lipinski definition) is 0. The van der Waals surface area contributed by atoms with E-state index in [1.165, 1.54) is 23.2 Å². The molecule has 0 spiro atoms. The van der Waals surface area contributed by atoms with Crippen molar-refractivity contribution >= 4 is 11.6 Å². The van der Waals surface area contributed by atoms with Gasteiger partial charge in [-0.3, -0.25) is 0 Å². The molecular weight excluding hydrogens is 254 g/mol. The van der Waals surface area contributed by atoms with Crippen LogP contribution in [0.25, 0.3) is 0 Å². The molecule has 0 amide bonds. The molecule has 0 saturated heterocycles. The highest BCUT2D eigenvalue weighted by Crippen LogP contribution is 2.22. The lowest BCUT2D eigenvalue weighted by Crippen LogP contribution is -2.19. The molecule has 1 aromatic carbocycles. The van der Waals surface area contributed by atoms with Crippen molar-refractivity contribution in [2.75, 3.05) is 13.6 Å². The summed E-state index contributed by atoms with van der Waals surface area (Å²) in [6, 6.07) is 8.83. The lowest BCUT2D eigenvalue weighted by atomic mass is 10.1. The minimum atomic E-state index is 0.975. The van der Waals surface area contributed by atoms with Gasteiger partial charge in [0.2, 0.25) is 0 Å². The Morgan fingerprint density at radius 2 is 1.95 bits per heavy atom. The minimum Gasteiger partial charge on any atom is -0.375 e. The van der Waals surface area contributed by atoms with Crippen LogP contribution in [0, 0.1) is 6.92 Å². The van der Waals surface area contributed by atoms with Gasteiger partial charge in [-0.15, -0.1) is 0 Å². The molecule has 0 radical (unpaired) electrons. The van der Waals surface area contributed by atoms with Gasteiger partial charge in [-0.2, -0.15) is 0 Å². The second kappa shape index (κ2) is 6.81. The molecule has 1 nitrogen and oxygen atoms in total. The van der Waals surface area contributed by atoms with Crippen molar-refractivity contribution in [2.24, 2.45) is 0 Å². The molecule has 0 aliphatic heterocycles. The third-order valence-corrected chi connectivity index (χ3v) is 3.86. The summed E-state index contributed by atoms with van der Waals surface area (Å²) in [6.07, 6.45) is 8.72. The lowest BCUT2D eigenvalue weighted by molar-refractivity contribution is 0.417. The molecule has 0 N–H and O–H groups in total. The summed E-state index contributed by atoms with van der Waals surface area (Å²) < 4.78 is 0. The highest BCUT2D eigenvalue weighted by Gasteiger charge is 2.07. The minimum absolute atomic E-state index is 0.975. The van der Waals surface area contributed by atoms with Crippen LogP contribution in [0.3, 0.4) is 0 Å². The van der Waals surface area contributed by atoms with E-state index in [1.807, 2.05) is 0 Å². The Kier molecular flexibility index (Phi) is 5.09. The van der Waals surface area contributed by atoms with Crippen molar-refractivity contribution in [3.05, 3.63) is 58.3 Å². The van der Waals surface area contributed by atoms with Crippen LogP contribution in [0.1, 0.15) is 30.4 Å². The fourth-order valence-electron chi connectivity index (χ4n) is 2.32. The van der Waals surface area contributed by atoms with Crippen LogP contribution in [0.4, 0.5) is 0 Å². The quantitative estimate of drug-likeness (QED) is 0.755. The van der Waals surface area contributed by atoms with E-state index in [0.717, 1.165) is 30.8 Å². The molecule has 0 bridgehead atoms. The van der Waals surface area contributed by atoms with Gasteiger partial charge in [-0.25, -0.2) is 0 Å². The van der Waals surface area contributed by atoms with Crippen molar-refractivity contribution < 1.29 is 0 Å². The molecule has 19 heavy (non-hydrogen) atoms. The number of hydrogen-bond acceptors (Lipinski definition) is 1. The fourth-order valence-corrected chi connectivity index (χ4v) is 2.54. The van der Waals surface area contributed by atoms with Crippen LogP contribution >= 0.6 is 11.6 Å². The Morgan fingerprint density at radius 1 is 1.21 bits per heavy atom. The molecule has 1 aliphatic rings. The Balaban J connectivity index is 1.79. The van der Waals surface area contributed by atoms with E-state index >= 15 is 0 Å². The van der Waals surface area contributed by atoms with Crippen molar-refractivity contribution in [1.82, 2.24) is 4.90 Å². The summed E-state index contributed by atoms with van der Waals surface area (Å²) in [7, 11) is 2.15. The van der Waals surface area contributed by atoms with E-state index in [1.54, 1.807) is 0 Å². The van der Waals surface area contributed by atoms with E-state index in [2.05, 4.69) is 55.3 Å². The average Bonchev–Trinajstić information content (AvgIpc) is 2.41. The van der Waals surface area contributed by atoms with Gasteiger partial charge in [0.1, 0.15) is 0 Å². The average molecular weight is 276 g/mol. The largest absolute Gasteiger partial charge is 0.375 e. The maximum atomic E-state index is 6.09. The summed E-state index contributed by atoms with van der Waals surface area (Å²) in [5.41, 5.74) is 4.01. The zero-order chi connectivity index (χ0) is 13.7. The molecule has 1 aliphatic carbocycles. The van der Waals surface area contributed by atoms with E-state index in [9.17, 15) is 0 Å². The molecule has 2 rings (SSSR count). The molecule has 0 heterocycles. The first-order chi connectivity index (χ1) is 9.15. The normalized spacial score (nSPS) is 14.9. The number of nitrogens with zero attached hydrogens (tertiary/aromatic N) is 1. The van der Waals surface area contributed by atoms with Crippen LogP contribution in [-0.2, 0) is 6.42 Å². The lowest BCUT2D eigenvalue weighted by Gasteiger charge is -2.23. The zero-order valence-electron chi connectivity index (χ0n) is 11.8. The number of likely N-dealkylation sites (N-methyl/N-ethyl adjacent to an activating group) is 1. The molecular formula is C17H22ClN. The van der Waals surface area contributed by atoms with Gasteiger partial charge in [0.05, 0.1) is 0 Å². The third kappa shape index (κ3) is 4.43.